The summed E-state index contributed by atoms with van der Waals surface area (Å²) in [5.41, 5.74) is 0.645. The van der Waals surface area contributed by atoms with Gasteiger partial charge in [-0.25, -0.2) is 4.79 Å². The molecule has 0 fully saturated rings. The van der Waals surface area contributed by atoms with Crippen LogP contribution in [0.4, 0.5) is 0 Å². The summed E-state index contributed by atoms with van der Waals surface area (Å²) in [5.74, 6) is -1.66. The minimum atomic E-state index is -1.04. The zero-order valence-corrected chi connectivity index (χ0v) is 14.5. The van der Waals surface area contributed by atoms with Crippen molar-refractivity contribution < 1.29 is 19.1 Å². The lowest BCUT2D eigenvalue weighted by atomic mass is 10.2. The van der Waals surface area contributed by atoms with Gasteiger partial charge in [-0.05, 0) is 18.6 Å². The first-order chi connectivity index (χ1) is 11.8. The molecule has 1 rings (SSSR count). The number of nitrogens with one attached hydrogen (secondary N) is 1. The van der Waals surface area contributed by atoms with Gasteiger partial charge in [-0.15, -0.1) is 0 Å². The van der Waals surface area contributed by atoms with Crippen LogP contribution in [0.15, 0.2) is 36.0 Å². The quantitative estimate of drug-likeness (QED) is 0.597. The van der Waals surface area contributed by atoms with Crippen molar-refractivity contribution >= 4 is 23.9 Å². The number of nitrogens with zero attached hydrogens (tertiary/aromatic N) is 2. The average molecular weight is 343 g/mol. The van der Waals surface area contributed by atoms with Crippen LogP contribution in [0.25, 0.3) is 6.08 Å². The molecule has 2 amide bonds. The molecule has 0 unspecified atom stereocenters. The summed E-state index contributed by atoms with van der Waals surface area (Å²) in [5, 5.41) is 11.0. The standard InChI is InChI=1S/C18H21N3O4/c1-13(17(23)21(3)11-7-10-19)25-18(24)16(20-14(2)22)12-15-8-5-4-6-9-15/h4-6,8-9,12-13H,7,11H2,1-3H3,(H,20,22)/b16-12-/t13-/m0/s1. The smallest absolute Gasteiger partial charge is 0.355 e. The fraction of sp³-hybridized carbons (Fsp3) is 0.333. The molecule has 0 saturated carbocycles. The molecule has 0 aliphatic rings. The molecule has 1 aromatic rings. The highest BCUT2D eigenvalue weighted by Gasteiger charge is 2.23. The molecule has 0 aromatic heterocycles. The lowest BCUT2D eigenvalue weighted by Gasteiger charge is -2.21. The van der Waals surface area contributed by atoms with Crippen molar-refractivity contribution in [3.63, 3.8) is 0 Å². The number of carbonyl (C=O) groups excluding carboxylic acids is 3. The second-order valence-electron chi connectivity index (χ2n) is 5.37. The van der Waals surface area contributed by atoms with Gasteiger partial charge in [-0.1, -0.05) is 30.3 Å². The van der Waals surface area contributed by atoms with Crippen LogP contribution in [0.5, 0.6) is 0 Å². The highest BCUT2D eigenvalue weighted by atomic mass is 16.5. The van der Waals surface area contributed by atoms with Crippen LogP contribution in [0.3, 0.4) is 0 Å². The van der Waals surface area contributed by atoms with E-state index in [0.717, 1.165) is 0 Å². The molecule has 0 spiro atoms. The van der Waals surface area contributed by atoms with Gasteiger partial charge >= 0.3 is 5.97 Å². The molecule has 0 heterocycles. The minimum Gasteiger partial charge on any atom is -0.448 e. The van der Waals surface area contributed by atoms with Crippen molar-refractivity contribution in [3.05, 3.63) is 41.6 Å². The first-order valence-electron chi connectivity index (χ1n) is 7.72. The maximum Gasteiger partial charge on any atom is 0.355 e. The number of rotatable bonds is 7. The van der Waals surface area contributed by atoms with Gasteiger partial charge in [0.05, 0.1) is 12.5 Å². The number of likely N-dealkylation sites (N-methyl/N-ethyl adjacent to an activating group) is 1. The summed E-state index contributed by atoms with van der Waals surface area (Å²) in [6.45, 7) is 2.96. The van der Waals surface area contributed by atoms with Crippen molar-refractivity contribution in [3.8, 4) is 6.07 Å². The zero-order valence-electron chi connectivity index (χ0n) is 14.5. The Bertz CT molecular complexity index is 692. The van der Waals surface area contributed by atoms with Crippen LogP contribution in [-0.4, -0.2) is 42.4 Å². The Morgan fingerprint density at radius 3 is 2.52 bits per heavy atom. The fourth-order valence-corrected chi connectivity index (χ4v) is 1.96. The lowest BCUT2D eigenvalue weighted by molar-refractivity contribution is -0.155. The van der Waals surface area contributed by atoms with E-state index in [0.29, 0.717) is 5.56 Å². The molecule has 0 saturated heterocycles. The van der Waals surface area contributed by atoms with Gasteiger partial charge in [-0.3, -0.25) is 9.59 Å². The SMILES string of the molecule is CC(=O)N/C(=C\c1ccccc1)C(=O)O[C@@H](C)C(=O)N(C)CCC#N. The van der Waals surface area contributed by atoms with E-state index in [1.165, 1.54) is 31.9 Å². The molecule has 7 heteroatoms. The monoisotopic (exact) mass is 343 g/mol. The molecule has 132 valence electrons. The van der Waals surface area contributed by atoms with E-state index < -0.39 is 23.9 Å². The third-order valence-corrected chi connectivity index (χ3v) is 3.21. The van der Waals surface area contributed by atoms with Gasteiger partial charge in [0.2, 0.25) is 5.91 Å². The van der Waals surface area contributed by atoms with E-state index in [2.05, 4.69) is 5.32 Å². The van der Waals surface area contributed by atoms with Crippen molar-refractivity contribution in [2.75, 3.05) is 13.6 Å². The number of amides is 2. The first-order valence-corrected chi connectivity index (χ1v) is 7.72. The maximum absolute atomic E-state index is 12.3. The van der Waals surface area contributed by atoms with Crippen LogP contribution in [0.1, 0.15) is 25.8 Å². The van der Waals surface area contributed by atoms with Crippen molar-refractivity contribution in [1.82, 2.24) is 10.2 Å². The summed E-state index contributed by atoms with van der Waals surface area (Å²) < 4.78 is 5.15. The van der Waals surface area contributed by atoms with Crippen molar-refractivity contribution in [2.24, 2.45) is 0 Å². The summed E-state index contributed by atoms with van der Waals surface area (Å²) in [7, 11) is 1.53. The van der Waals surface area contributed by atoms with Crippen LogP contribution in [-0.2, 0) is 19.1 Å². The highest BCUT2D eigenvalue weighted by Crippen LogP contribution is 2.08. The Kier molecular flexibility index (Phi) is 7.87. The summed E-state index contributed by atoms with van der Waals surface area (Å²) >= 11 is 0. The zero-order chi connectivity index (χ0) is 18.8. The lowest BCUT2D eigenvalue weighted by Crippen LogP contribution is -2.39. The predicted molar refractivity (Wildman–Crippen MR) is 91.7 cm³/mol. The first kappa shape index (κ1) is 19.9. The topological polar surface area (TPSA) is 99.5 Å². The van der Waals surface area contributed by atoms with E-state index in [-0.39, 0.29) is 18.7 Å². The molecule has 7 nitrogen and oxygen atoms in total. The third-order valence-electron chi connectivity index (χ3n) is 3.21. The van der Waals surface area contributed by atoms with Crippen LogP contribution >= 0.6 is 0 Å². The Labute approximate surface area is 146 Å². The molecular formula is C18H21N3O4. The number of hydrogen-bond acceptors (Lipinski definition) is 5. The summed E-state index contributed by atoms with van der Waals surface area (Å²) in [6.07, 6.45) is 0.623. The van der Waals surface area contributed by atoms with Crippen LogP contribution < -0.4 is 5.32 Å². The van der Waals surface area contributed by atoms with E-state index >= 15 is 0 Å². The maximum atomic E-state index is 12.3. The number of ether oxygens (including phenoxy) is 1. The Hall–Kier alpha value is -3.14. The van der Waals surface area contributed by atoms with Gasteiger partial charge in [-0.2, -0.15) is 5.26 Å². The van der Waals surface area contributed by atoms with E-state index in [4.69, 9.17) is 10.00 Å². The molecule has 1 aromatic carbocycles. The number of nitriles is 1. The summed E-state index contributed by atoms with van der Waals surface area (Å²) in [6, 6.07) is 10.9. The number of carbonyl (C=O) groups is 3. The Morgan fingerprint density at radius 1 is 1.32 bits per heavy atom. The minimum absolute atomic E-state index is 0.0574. The predicted octanol–water partition coefficient (Wildman–Crippen LogP) is 1.47. The van der Waals surface area contributed by atoms with E-state index in [1.807, 2.05) is 12.1 Å². The van der Waals surface area contributed by atoms with Crippen LogP contribution in [0.2, 0.25) is 0 Å². The summed E-state index contributed by atoms with van der Waals surface area (Å²) in [4.78, 5) is 37.1. The van der Waals surface area contributed by atoms with Gasteiger partial charge in [0, 0.05) is 20.5 Å². The van der Waals surface area contributed by atoms with Gasteiger partial charge in [0.25, 0.3) is 5.91 Å². The molecular weight excluding hydrogens is 322 g/mol. The molecule has 25 heavy (non-hydrogen) atoms. The van der Waals surface area contributed by atoms with Crippen molar-refractivity contribution in [1.29, 1.82) is 5.26 Å². The molecule has 0 bridgehead atoms. The molecule has 0 radical (unpaired) electrons. The molecule has 0 aliphatic carbocycles. The third kappa shape index (κ3) is 6.87. The number of esters is 1. The van der Waals surface area contributed by atoms with Gasteiger partial charge in [0.15, 0.2) is 6.10 Å². The second-order valence-corrected chi connectivity index (χ2v) is 5.37. The molecule has 1 N–H and O–H groups in total. The van der Waals surface area contributed by atoms with E-state index in [9.17, 15) is 14.4 Å². The largest absolute Gasteiger partial charge is 0.448 e. The fourth-order valence-electron chi connectivity index (χ4n) is 1.96. The van der Waals surface area contributed by atoms with E-state index in [1.54, 1.807) is 24.3 Å². The molecule has 0 aliphatic heterocycles. The molecule has 1 atom stereocenters. The number of benzene rings is 1. The second kappa shape index (κ2) is 9.88. The Balaban J connectivity index is 2.85. The van der Waals surface area contributed by atoms with Gasteiger partial charge in [0.1, 0.15) is 5.70 Å². The average Bonchev–Trinajstić information content (AvgIpc) is 2.58. The van der Waals surface area contributed by atoms with Crippen molar-refractivity contribution in [2.45, 2.75) is 26.4 Å². The normalized spacial score (nSPS) is 11.8. The number of hydrogen-bond donors (Lipinski definition) is 1. The van der Waals surface area contributed by atoms with Crippen LogP contribution in [0, 0.1) is 11.3 Å². The Morgan fingerprint density at radius 2 is 1.96 bits per heavy atom. The highest BCUT2D eigenvalue weighted by molar-refractivity contribution is 5.98. The van der Waals surface area contributed by atoms with Gasteiger partial charge < -0.3 is 15.0 Å².